The van der Waals surface area contributed by atoms with Crippen molar-refractivity contribution in [2.75, 3.05) is 6.54 Å². The SMILES string of the molecule is CCNC(C)c1oc2ccc(F)cc2c1C. The Bertz CT molecular complexity index is 504. The van der Waals surface area contributed by atoms with E-state index in [4.69, 9.17) is 4.42 Å². The van der Waals surface area contributed by atoms with Gasteiger partial charge in [-0.1, -0.05) is 6.92 Å². The lowest BCUT2D eigenvalue weighted by Crippen LogP contribution is -2.17. The van der Waals surface area contributed by atoms with Crippen molar-refractivity contribution in [3.8, 4) is 0 Å². The van der Waals surface area contributed by atoms with Gasteiger partial charge < -0.3 is 9.73 Å². The van der Waals surface area contributed by atoms with Crippen LogP contribution in [0.2, 0.25) is 0 Å². The first-order chi connectivity index (χ1) is 7.63. The molecule has 0 aliphatic heterocycles. The van der Waals surface area contributed by atoms with Crippen LogP contribution in [-0.2, 0) is 0 Å². The van der Waals surface area contributed by atoms with Crippen LogP contribution in [0.1, 0.15) is 31.2 Å². The summed E-state index contributed by atoms with van der Waals surface area (Å²) in [5.41, 5.74) is 1.77. The summed E-state index contributed by atoms with van der Waals surface area (Å²) in [7, 11) is 0. The van der Waals surface area contributed by atoms with Crippen molar-refractivity contribution < 1.29 is 8.81 Å². The number of benzene rings is 1. The standard InChI is InChI=1S/C13H16FNO/c1-4-15-9(3)13-8(2)11-7-10(14)5-6-12(11)16-13/h5-7,9,15H,4H2,1-3H3. The molecule has 3 heteroatoms. The molecule has 2 rings (SSSR count). The number of fused-ring (bicyclic) bond motifs is 1. The van der Waals surface area contributed by atoms with Crippen molar-refractivity contribution in [3.05, 3.63) is 35.3 Å². The Morgan fingerprint density at radius 3 is 2.88 bits per heavy atom. The van der Waals surface area contributed by atoms with Crippen LogP contribution >= 0.6 is 0 Å². The van der Waals surface area contributed by atoms with E-state index in [1.807, 2.05) is 20.8 Å². The average Bonchev–Trinajstić information content (AvgIpc) is 2.57. The molecule has 1 aromatic heterocycles. The summed E-state index contributed by atoms with van der Waals surface area (Å²) in [6.45, 7) is 6.94. The zero-order chi connectivity index (χ0) is 11.7. The number of halogens is 1. The molecule has 0 bridgehead atoms. The molecular formula is C13H16FNO. The van der Waals surface area contributed by atoms with Gasteiger partial charge in [-0.2, -0.15) is 0 Å². The van der Waals surface area contributed by atoms with Gasteiger partial charge in [0.05, 0.1) is 6.04 Å². The van der Waals surface area contributed by atoms with Crippen molar-refractivity contribution in [3.63, 3.8) is 0 Å². The number of nitrogens with one attached hydrogen (secondary N) is 1. The lowest BCUT2D eigenvalue weighted by molar-refractivity contribution is 0.456. The first-order valence-corrected chi connectivity index (χ1v) is 5.55. The van der Waals surface area contributed by atoms with Crippen molar-refractivity contribution >= 4 is 11.0 Å². The van der Waals surface area contributed by atoms with Crippen molar-refractivity contribution in [1.82, 2.24) is 5.32 Å². The second-order valence-electron chi connectivity index (χ2n) is 4.01. The van der Waals surface area contributed by atoms with Gasteiger partial charge in [-0.15, -0.1) is 0 Å². The van der Waals surface area contributed by atoms with Crippen LogP contribution in [0.15, 0.2) is 22.6 Å². The lowest BCUT2D eigenvalue weighted by Gasteiger charge is -2.09. The maximum Gasteiger partial charge on any atom is 0.134 e. The van der Waals surface area contributed by atoms with E-state index in [9.17, 15) is 4.39 Å². The minimum atomic E-state index is -0.223. The van der Waals surface area contributed by atoms with E-state index in [1.54, 1.807) is 6.07 Å². The lowest BCUT2D eigenvalue weighted by atomic mass is 10.1. The Balaban J connectivity index is 2.51. The highest BCUT2D eigenvalue weighted by Gasteiger charge is 2.15. The van der Waals surface area contributed by atoms with E-state index in [2.05, 4.69) is 5.32 Å². The highest BCUT2D eigenvalue weighted by molar-refractivity contribution is 5.82. The molecule has 2 aromatic rings. The van der Waals surface area contributed by atoms with Gasteiger partial charge >= 0.3 is 0 Å². The molecule has 0 aliphatic carbocycles. The van der Waals surface area contributed by atoms with E-state index in [0.29, 0.717) is 0 Å². The van der Waals surface area contributed by atoms with Crippen molar-refractivity contribution in [2.24, 2.45) is 0 Å². The summed E-state index contributed by atoms with van der Waals surface area (Å²) in [5, 5.41) is 4.15. The third-order valence-corrected chi connectivity index (χ3v) is 2.84. The molecule has 1 heterocycles. The summed E-state index contributed by atoms with van der Waals surface area (Å²) in [6.07, 6.45) is 0. The number of aryl methyl sites for hydroxylation is 1. The van der Waals surface area contributed by atoms with Crippen LogP contribution in [0.25, 0.3) is 11.0 Å². The third-order valence-electron chi connectivity index (χ3n) is 2.84. The Labute approximate surface area is 94.4 Å². The molecule has 0 radical (unpaired) electrons. The minimum Gasteiger partial charge on any atom is -0.459 e. The highest BCUT2D eigenvalue weighted by Crippen LogP contribution is 2.29. The monoisotopic (exact) mass is 221 g/mol. The molecule has 86 valence electrons. The Morgan fingerprint density at radius 1 is 1.44 bits per heavy atom. The molecule has 0 fully saturated rings. The van der Waals surface area contributed by atoms with Gasteiger partial charge in [-0.05, 0) is 38.6 Å². The van der Waals surface area contributed by atoms with Crippen LogP contribution in [0.3, 0.4) is 0 Å². The second kappa shape index (κ2) is 4.26. The molecule has 0 aliphatic rings. The van der Waals surface area contributed by atoms with Gasteiger partial charge in [0.15, 0.2) is 0 Å². The van der Waals surface area contributed by atoms with Crippen LogP contribution in [-0.4, -0.2) is 6.54 Å². The predicted octanol–water partition coefficient (Wildman–Crippen LogP) is 3.55. The van der Waals surface area contributed by atoms with Crippen LogP contribution < -0.4 is 5.32 Å². The third kappa shape index (κ3) is 1.83. The number of rotatable bonds is 3. The molecule has 0 saturated heterocycles. The van der Waals surface area contributed by atoms with Gasteiger partial charge in [0.1, 0.15) is 17.2 Å². The minimum absolute atomic E-state index is 0.153. The maximum absolute atomic E-state index is 13.1. The fraction of sp³-hybridized carbons (Fsp3) is 0.385. The Hall–Kier alpha value is -1.35. The second-order valence-corrected chi connectivity index (χ2v) is 4.01. The summed E-state index contributed by atoms with van der Waals surface area (Å²) < 4.78 is 18.9. The zero-order valence-electron chi connectivity index (χ0n) is 9.80. The maximum atomic E-state index is 13.1. The molecule has 1 aromatic carbocycles. The van der Waals surface area contributed by atoms with E-state index < -0.39 is 0 Å². The summed E-state index contributed by atoms with van der Waals surface area (Å²) in [6, 6.07) is 4.78. The number of furan rings is 1. The summed E-state index contributed by atoms with van der Waals surface area (Å²) in [4.78, 5) is 0. The molecule has 1 atom stereocenters. The highest BCUT2D eigenvalue weighted by atomic mass is 19.1. The molecule has 2 nitrogen and oxygen atoms in total. The number of hydrogen-bond donors (Lipinski definition) is 1. The van der Waals surface area contributed by atoms with Gasteiger partial charge in [0, 0.05) is 10.9 Å². The first kappa shape index (κ1) is 11.1. The largest absolute Gasteiger partial charge is 0.459 e. The molecule has 0 amide bonds. The van der Waals surface area contributed by atoms with Gasteiger partial charge in [0.2, 0.25) is 0 Å². The molecular weight excluding hydrogens is 205 g/mol. The van der Waals surface area contributed by atoms with Gasteiger partial charge in [-0.25, -0.2) is 4.39 Å². The van der Waals surface area contributed by atoms with E-state index >= 15 is 0 Å². The zero-order valence-corrected chi connectivity index (χ0v) is 9.80. The Kier molecular flexibility index (Phi) is 2.97. The van der Waals surface area contributed by atoms with Crippen LogP contribution in [0, 0.1) is 12.7 Å². The first-order valence-electron chi connectivity index (χ1n) is 5.55. The fourth-order valence-corrected chi connectivity index (χ4v) is 2.02. The topological polar surface area (TPSA) is 25.2 Å². The summed E-state index contributed by atoms with van der Waals surface area (Å²) >= 11 is 0. The van der Waals surface area contributed by atoms with E-state index in [1.165, 1.54) is 12.1 Å². The van der Waals surface area contributed by atoms with Crippen LogP contribution in [0.4, 0.5) is 4.39 Å². The normalized spacial score (nSPS) is 13.2. The van der Waals surface area contributed by atoms with Crippen LogP contribution in [0.5, 0.6) is 0 Å². The van der Waals surface area contributed by atoms with Gasteiger partial charge in [0.25, 0.3) is 0 Å². The molecule has 1 unspecified atom stereocenters. The molecule has 0 saturated carbocycles. The van der Waals surface area contributed by atoms with Gasteiger partial charge in [-0.3, -0.25) is 0 Å². The number of hydrogen-bond acceptors (Lipinski definition) is 2. The van der Waals surface area contributed by atoms with Crippen molar-refractivity contribution in [1.29, 1.82) is 0 Å². The average molecular weight is 221 g/mol. The molecule has 0 spiro atoms. The smallest absolute Gasteiger partial charge is 0.134 e. The summed E-state index contributed by atoms with van der Waals surface area (Å²) in [5.74, 6) is 0.668. The van der Waals surface area contributed by atoms with Crippen molar-refractivity contribution in [2.45, 2.75) is 26.8 Å². The molecule has 1 N–H and O–H groups in total. The predicted molar refractivity (Wildman–Crippen MR) is 63.0 cm³/mol. The van der Waals surface area contributed by atoms with E-state index in [-0.39, 0.29) is 11.9 Å². The Morgan fingerprint density at radius 2 is 2.19 bits per heavy atom. The van der Waals surface area contributed by atoms with E-state index in [0.717, 1.165) is 28.8 Å². The fourth-order valence-electron chi connectivity index (χ4n) is 2.02. The quantitative estimate of drug-likeness (QED) is 0.857. The molecule has 16 heavy (non-hydrogen) atoms.